The number of nitrogens with two attached hydrogens (primary N) is 1. The first kappa shape index (κ1) is 15.0. The largest absolute Gasteiger partial charge is 0.496 e. The molecule has 1 unspecified atom stereocenters. The molecule has 2 aromatic rings. The minimum Gasteiger partial charge on any atom is -0.496 e. The van der Waals surface area contributed by atoms with Crippen molar-refractivity contribution in [1.82, 2.24) is 0 Å². The second-order valence-electron chi connectivity index (χ2n) is 4.82. The van der Waals surface area contributed by atoms with Crippen molar-refractivity contribution < 1.29 is 9.13 Å². The van der Waals surface area contributed by atoms with Gasteiger partial charge in [-0.05, 0) is 60.4 Å². The maximum absolute atomic E-state index is 13.4. The van der Waals surface area contributed by atoms with Crippen molar-refractivity contribution in [3.63, 3.8) is 0 Å². The van der Waals surface area contributed by atoms with Gasteiger partial charge in [0.2, 0.25) is 0 Å². The Bertz CT molecular complexity index is 643. The lowest BCUT2D eigenvalue weighted by atomic mass is 9.94. The summed E-state index contributed by atoms with van der Waals surface area (Å²) in [5.41, 5.74) is 10.0. The Morgan fingerprint density at radius 3 is 2.45 bits per heavy atom. The van der Waals surface area contributed by atoms with Crippen LogP contribution in [0.5, 0.6) is 5.75 Å². The molecule has 0 bridgehead atoms. The number of benzene rings is 2. The summed E-state index contributed by atoms with van der Waals surface area (Å²) in [6.45, 7) is 3.94. The monoisotopic (exact) mass is 337 g/mol. The number of rotatable bonds is 3. The lowest BCUT2D eigenvalue weighted by Crippen LogP contribution is -2.14. The summed E-state index contributed by atoms with van der Waals surface area (Å²) in [6.07, 6.45) is 0. The summed E-state index contributed by atoms with van der Waals surface area (Å²) in [5, 5.41) is 0. The van der Waals surface area contributed by atoms with E-state index in [-0.39, 0.29) is 11.9 Å². The zero-order valence-electron chi connectivity index (χ0n) is 11.7. The first-order valence-corrected chi connectivity index (χ1v) is 7.09. The highest BCUT2D eigenvalue weighted by Gasteiger charge is 2.17. The summed E-state index contributed by atoms with van der Waals surface area (Å²) >= 11 is 3.43. The van der Waals surface area contributed by atoms with Crippen LogP contribution in [0.1, 0.15) is 28.3 Å². The summed E-state index contributed by atoms with van der Waals surface area (Å²) in [7, 11) is 1.64. The van der Waals surface area contributed by atoms with Gasteiger partial charge in [0.1, 0.15) is 11.6 Å². The van der Waals surface area contributed by atoms with E-state index in [0.717, 1.165) is 32.5 Å². The minimum atomic E-state index is -0.385. The van der Waals surface area contributed by atoms with E-state index in [1.807, 2.05) is 26.0 Å². The zero-order chi connectivity index (χ0) is 14.9. The van der Waals surface area contributed by atoms with Crippen LogP contribution in [0.15, 0.2) is 34.8 Å². The third-order valence-electron chi connectivity index (χ3n) is 3.41. The van der Waals surface area contributed by atoms with Gasteiger partial charge in [0.25, 0.3) is 0 Å². The van der Waals surface area contributed by atoms with E-state index in [4.69, 9.17) is 10.5 Å². The average Bonchev–Trinajstić information content (AvgIpc) is 2.42. The molecule has 0 aromatic heterocycles. The fourth-order valence-corrected chi connectivity index (χ4v) is 2.78. The van der Waals surface area contributed by atoms with Crippen LogP contribution in [0, 0.1) is 19.7 Å². The number of hydrogen-bond acceptors (Lipinski definition) is 2. The molecular weight excluding hydrogens is 321 g/mol. The van der Waals surface area contributed by atoms with Gasteiger partial charge in [0.15, 0.2) is 0 Å². The van der Waals surface area contributed by atoms with Gasteiger partial charge >= 0.3 is 0 Å². The molecule has 2 rings (SSSR count). The minimum absolute atomic E-state index is 0.290. The number of methoxy groups -OCH3 is 1. The van der Waals surface area contributed by atoms with Crippen LogP contribution in [-0.4, -0.2) is 7.11 Å². The van der Waals surface area contributed by atoms with Crippen molar-refractivity contribution >= 4 is 15.9 Å². The molecule has 0 aliphatic rings. The molecule has 1 atom stereocenters. The van der Waals surface area contributed by atoms with Gasteiger partial charge in [-0.25, -0.2) is 4.39 Å². The predicted octanol–water partition coefficient (Wildman–Crippen LogP) is 4.26. The van der Waals surface area contributed by atoms with Gasteiger partial charge in [0, 0.05) is 4.47 Å². The Hall–Kier alpha value is -1.39. The molecular formula is C16H17BrFNO. The second kappa shape index (κ2) is 5.94. The van der Waals surface area contributed by atoms with Crippen molar-refractivity contribution in [2.24, 2.45) is 5.73 Å². The highest BCUT2D eigenvalue weighted by atomic mass is 79.9. The Morgan fingerprint density at radius 1 is 1.10 bits per heavy atom. The first-order valence-electron chi connectivity index (χ1n) is 6.29. The van der Waals surface area contributed by atoms with E-state index >= 15 is 0 Å². The Balaban J connectivity index is 2.50. The molecule has 2 nitrogen and oxygen atoms in total. The maximum atomic E-state index is 13.4. The summed E-state index contributed by atoms with van der Waals surface area (Å²) in [5.74, 6) is 0.540. The molecule has 0 saturated heterocycles. The molecule has 0 amide bonds. The van der Waals surface area contributed by atoms with E-state index in [0.29, 0.717) is 0 Å². The van der Waals surface area contributed by atoms with Crippen molar-refractivity contribution in [3.05, 3.63) is 62.9 Å². The normalized spacial score (nSPS) is 12.3. The fourth-order valence-electron chi connectivity index (χ4n) is 2.29. The van der Waals surface area contributed by atoms with Gasteiger partial charge < -0.3 is 10.5 Å². The Morgan fingerprint density at radius 2 is 1.80 bits per heavy atom. The molecule has 0 fully saturated rings. The van der Waals surface area contributed by atoms with Crippen LogP contribution in [0.25, 0.3) is 0 Å². The van der Waals surface area contributed by atoms with E-state index in [9.17, 15) is 4.39 Å². The molecule has 0 heterocycles. The molecule has 0 saturated carbocycles. The van der Waals surface area contributed by atoms with E-state index < -0.39 is 0 Å². The first-order chi connectivity index (χ1) is 9.43. The predicted molar refractivity (Wildman–Crippen MR) is 82.6 cm³/mol. The molecule has 4 heteroatoms. The lowest BCUT2D eigenvalue weighted by Gasteiger charge is -2.19. The Kier molecular flexibility index (Phi) is 4.45. The fraction of sp³-hybridized carbons (Fsp3) is 0.250. The molecule has 0 aliphatic heterocycles. The van der Waals surface area contributed by atoms with E-state index in [1.165, 1.54) is 12.1 Å². The maximum Gasteiger partial charge on any atom is 0.123 e. The summed E-state index contributed by atoms with van der Waals surface area (Å²) in [6, 6.07) is 8.12. The molecule has 0 radical (unpaired) electrons. The standard InChI is InChI=1S/C16H17BrFNO/c1-9-7-15(20-3)10(2)6-12(9)16(19)13-8-11(18)4-5-14(13)17/h4-8,16H,19H2,1-3H3. The lowest BCUT2D eigenvalue weighted by molar-refractivity contribution is 0.411. The zero-order valence-corrected chi connectivity index (χ0v) is 13.3. The number of halogens is 2. The third-order valence-corrected chi connectivity index (χ3v) is 4.13. The molecule has 2 N–H and O–H groups in total. The Labute approximate surface area is 126 Å². The highest BCUT2D eigenvalue weighted by Crippen LogP contribution is 2.32. The van der Waals surface area contributed by atoms with Crippen molar-refractivity contribution in [1.29, 1.82) is 0 Å². The van der Waals surface area contributed by atoms with Crippen molar-refractivity contribution in [3.8, 4) is 5.75 Å². The van der Waals surface area contributed by atoms with Crippen molar-refractivity contribution in [2.45, 2.75) is 19.9 Å². The molecule has 106 valence electrons. The molecule has 20 heavy (non-hydrogen) atoms. The molecule has 2 aromatic carbocycles. The summed E-state index contributed by atoms with van der Waals surface area (Å²) < 4.78 is 19.5. The van der Waals surface area contributed by atoms with Gasteiger partial charge in [-0.2, -0.15) is 0 Å². The van der Waals surface area contributed by atoms with E-state index in [2.05, 4.69) is 15.9 Å². The highest BCUT2D eigenvalue weighted by molar-refractivity contribution is 9.10. The quantitative estimate of drug-likeness (QED) is 0.907. The molecule has 0 aliphatic carbocycles. The van der Waals surface area contributed by atoms with E-state index in [1.54, 1.807) is 13.2 Å². The van der Waals surface area contributed by atoms with Crippen LogP contribution in [0.2, 0.25) is 0 Å². The van der Waals surface area contributed by atoms with Gasteiger partial charge in [-0.15, -0.1) is 0 Å². The number of aryl methyl sites for hydroxylation is 2. The number of hydrogen-bond donors (Lipinski definition) is 1. The van der Waals surface area contributed by atoms with Gasteiger partial charge in [0.05, 0.1) is 13.2 Å². The van der Waals surface area contributed by atoms with Crippen LogP contribution in [-0.2, 0) is 0 Å². The van der Waals surface area contributed by atoms with Crippen LogP contribution < -0.4 is 10.5 Å². The SMILES string of the molecule is COc1cc(C)c(C(N)c2cc(F)ccc2Br)cc1C. The second-order valence-corrected chi connectivity index (χ2v) is 5.68. The van der Waals surface area contributed by atoms with Gasteiger partial charge in [-0.1, -0.05) is 22.0 Å². The summed E-state index contributed by atoms with van der Waals surface area (Å²) in [4.78, 5) is 0. The smallest absolute Gasteiger partial charge is 0.123 e. The number of ether oxygens (including phenoxy) is 1. The van der Waals surface area contributed by atoms with Crippen LogP contribution >= 0.6 is 15.9 Å². The van der Waals surface area contributed by atoms with Crippen LogP contribution in [0.3, 0.4) is 0 Å². The average molecular weight is 338 g/mol. The van der Waals surface area contributed by atoms with Crippen LogP contribution in [0.4, 0.5) is 4.39 Å². The van der Waals surface area contributed by atoms with Crippen molar-refractivity contribution in [2.75, 3.05) is 7.11 Å². The van der Waals surface area contributed by atoms with Gasteiger partial charge in [-0.3, -0.25) is 0 Å². The third kappa shape index (κ3) is 2.86. The topological polar surface area (TPSA) is 35.2 Å². The molecule has 0 spiro atoms.